The average molecular weight is 440 g/mol. The highest BCUT2D eigenvalue weighted by molar-refractivity contribution is 7.12. The summed E-state index contributed by atoms with van der Waals surface area (Å²) in [4.78, 5) is 15.7. The second-order valence-corrected chi connectivity index (χ2v) is 9.29. The maximum absolute atomic E-state index is 12.9. The average Bonchev–Trinajstić information content (AvgIpc) is 3.24. The molecule has 0 aliphatic carbocycles. The predicted molar refractivity (Wildman–Crippen MR) is 124 cm³/mol. The summed E-state index contributed by atoms with van der Waals surface area (Å²) >= 11 is 7.69. The molecule has 1 amide bonds. The third-order valence-corrected chi connectivity index (χ3v) is 6.89. The van der Waals surface area contributed by atoms with Gasteiger partial charge in [0, 0.05) is 18.7 Å². The van der Waals surface area contributed by atoms with Gasteiger partial charge in [0.15, 0.2) is 0 Å². The molecule has 1 aromatic heterocycles. The van der Waals surface area contributed by atoms with Crippen LogP contribution in [0.3, 0.4) is 0 Å². The first-order chi connectivity index (χ1) is 14.6. The van der Waals surface area contributed by atoms with Crippen LogP contribution < -0.4 is 4.74 Å². The summed E-state index contributed by atoms with van der Waals surface area (Å²) < 4.78 is 5.86. The van der Waals surface area contributed by atoms with Crippen LogP contribution in [0.2, 0.25) is 5.02 Å². The molecule has 0 unspecified atom stereocenters. The number of carbonyl (C=O) groups excluding carboxylic acids is 1. The Morgan fingerprint density at radius 3 is 2.63 bits per heavy atom. The number of hydrogen-bond acceptors (Lipinski definition) is 3. The van der Waals surface area contributed by atoms with E-state index in [0.717, 1.165) is 48.4 Å². The van der Waals surface area contributed by atoms with Gasteiger partial charge < -0.3 is 9.64 Å². The van der Waals surface area contributed by atoms with Crippen molar-refractivity contribution in [1.82, 2.24) is 4.90 Å². The number of amides is 1. The quantitative estimate of drug-likeness (QED) is 0.445. The summed E-state index contributed by atoms with van der Waals surface area (Å²) in [5.74, 6) is 1.47. The van der Waals surface area contributed by atoms with Crippen LogP contribution in [0, 0.1) is 12.8 Å². The van der Waals surface area contributed by atoms with E-state index in [1.54, 1.807) is 0 Å². The molecule has 1 aliphatic heterocycles. The lowest BCUT2D eigenvalue weighted by molar-refractivity contribution is 0.0695. The Morgan fingerprint density at radius 2 is 1.87 bits per heavy atom. The normalized spacial score (nSPS) is 14.7. The Labute approximate surface area is 187 Å². The van der Waals surface area contributed by atoms with Crippen molar-refractivity contribution in [2.75, 3.05) is 13.1 Å². The van der Waals surface area contributed by atoms with E-state index in [0.29, 0.717) is 23.3 Å². The second-order valence-electron chi connectivity index (χ2n) is 7.97. The highest BCUT2D eigenvalue weighted by Gasteiger charge is 2.24. The Bertz CT molecular complexity index is 993. The lowest BCUT2D eigenvalue weighted by Crippen LogP contribution is -2.38. The maximum Gasteiger partial charge on any atom is 0.263 e. The molecular formula is C25H26ClNO2S. The van der Waals surface area contributed by atoms with Crippen molar-refractivity contribution >= 4 is 28.8 Å². The van der Waals surface area contributed by atoms with Gasteiger partial charge in [0.2, 0.25) is 0 Å². The molecule has 0 spiro atoms. The number of benzene rings is 2. The molecule has 2 heterocycles. The molecule has 30 heavy (non-hydrogen) atoms. The summed E-state index contributed by atoms with van der Waals surface area (Å²) in [7, 11) is 0. The molecule has 0 atom stereocenters. The van der Waals surface area contributed by atoms with Crippen molar-refractivity contribution < 1.29 is 9.53 Å². The largest absolute Gasteiger partial charge is 0.487 e. The zero-order valence-electron chi connectivity index (χ0n) is 17.1. The predicted octanol–water partition coefficient (Wildman–Crippen LogP) is 6.38. The highest BCUT2D eigenvalue weighted by Crippen LogP contribution is 2.28. The molecule has 0 radical (unpaired) electrons. The molecule has 156 valence electrons. The zero-order valence-corrected chi connectivity index (χ0v) is 18.7. The number of piperidine rings is 1. The minimum absolute atomic E-state index is 0.137. The van der Waals surface area contributed by atoms with Gasteiger partial charge in [-0.25, -0.2) is 0 Å². The van der Waals surface area contributed by atoms with E-state index < -0.39 is 0 Å². The van der Waals surface area contributed by atoms with Gasteiger partial charge >= 0.3 is 0 Å². The third kappa shape index (κ3) is 5.24. The van der Waals surface area contributed by atoms with Crippen LogP contribution >= 0.6 is 22.9 Å². The highest BCUT2D eigenvalue weighted by atomic mass is 35.5. The molecule has 0 bridgehead atoms. The molecule has 1 fully saturated rings. The summed E-state index contributed by atoms with van der Waals surface area (Å²) in [6.07, 6.45) is 3.23. The van der Waals surface area contributed by atoms with E-state index >= 15 is 0 Å². The summed E-state index contributed by atoms with van der Waals surface area (Å²) in [5, 5.41) is 2.60. The third-order valence-electron chi connectivity index (χ3n) is 5.61. The van der Waals surface area contributed by atoms with Crippen LogP contribution in [0.1, 0.15) is 39.2 Å². The number of likely N-dealkylation sites (tertiary alicyclic amines) is 1. The van der Waals surface area contributed by atoms with Crippen molar-refractivity contribution in [2.24, 2.45) is 5.92 Å². The van der Waals surface area contributed by atoms with E-state index in [9.17, 15) is 4.79 Å². The second kappa shape index (κ2) is 9.67. The zero-order chi connectivity index (χ0) is 20.9. The first-order valence-corrected chi connectivity index (χ1v) is 11.6. The number of rotatable bonds is 6. The van der Waals surface area contributed by atoms with E-state index in [-0.39, 0.29) is 5.91 Å². The van der Waals surface area contributed by atoms with Gasteiger partial charge in [-0.15, -0.1) is 11.3 Å². The van der Waals surface area contributed by atoms with Crippen molar-refractivity contribution in [2.45, 2.75) is 32.8 Å². The van der Waals surface area contributed by atoms with Crippen LogP contribution in [-0.2, 0) is 13.0 Å². The van der Waals surface area contributed by atoms with Crippen LogP contribution in [-0.4, -0.2) is 23.9 Å². The summed E-state index contributed by atoms with van der Waals surface area (Å²) in [6, 6.07) is 18.3. The topological polar surface area (TPSA) is 29.5 Å². The minimum Gasteiger partial charge on any atom is -0.487 e. The molecule has 0 saturated carbocycles. The number of nitrogens with zero attached hydrogens (tertiary/aromatic N) is 1. The van der Waals surface area contributed by atoms with Gasteiger partial charge in [0.25, 0.3) is 5.91 Å². The fraction of sp³-hybridized carbons (Fsp3) is 0.320. The SMILES string of the molecule is Cc1ccc(Cl)c(OCc2csc(C(=O)N3CCC(Cc4ccccc4)CC3)c2)c1. The summed E-state index contributed by atoms with van der Waals surface area (Å²) in [6.45, 7) is 4.08. The lowest BCUT2D eigenvalue weighted by Gasteiger charge is -2.31. The molecule has 1 saturated heterocycles. The van der Waals surface area contributed by atoms with E-state index in [1.165, 1.54) is 16.9 Å². The smallest absolute Gasteiger partial charge is 0.263 e. The fourth-order valence-corrected chi connectivity index (χ4v) is 4.93. The molecule has 5 heteroatoms. The molecule has 3 aromatic rings. The van der Waals surface area contributed by atoms with Gasteiger partial charge in [-0.3, -0.25) is 4.79 Å². The monoisotopic (exact) mass is 439 g/mol. The van der Waals surface area contributed by atoms with E-state index in [2.05, 4.69) is 30.3 Å². The van der Waals surface area contributed by atoms with Crippen LogP contribution in [0.25, 0.3) is 0 Å². The molecule has 1 aliphatic rings. The van der Waals surface area contributed by atoms with Crippen LogP contribution in [0.4, 0.5) is 0 Å². The molecule has 0 N–H and O–H groups in total. The minimum atomic E-state index is 0.137. The van der Waals surface area contributed by atoms with Gasteiger partial charge in [0.1, 0.15) is 12.4 Å². The lowest BCUT2D eigenvalue weighted by atomic mass is 9.90. The number of halogens is 1. The summed E-state index contributed by atoms with van der Waals surface area (Å²) in [5.41, 5.74) is 3.49. The van der Waals surface area contributed by atoms with Crippen molar-refractivity contribution in [3.63, 3.8) is 0 Å². The first-order valence-electron chi connectivity index (χ1n) is 10.4. The van der Waals surface area contributed by atoms with Gasteiger partial charge in [0.05, 0.1) is 9.90 Å². The number of carbonyl (C=O) groups is 1. The number of thiophene rings is 1. The van der Waals surface area contributed by atoms with Gasteiger partial charge in [-0.2, -0.15) is 0 Å². The molecule has 2 aromatic carbocycles. The van der Waals surface area contributed by atoms with Crippen LogP contribution in [0.5, 0.6) is 5.75 Å². The first kappa shape index (κ1) is 21.0. The Hall–Kier alpha value is -2.30. The number of aryl methyl sites for hydroxylation is 1. The maximum atomic E-state index is 12.9. The van der Waals surface area contributed by atoms with Crippen LogP contribution in [0.15, 0.2) is 60.0 Å². The van der Waals surface area contributed by atoms with Crippen molar-refractivity contribution in [3.05, 3.63) is 86.6 Å². The van der Waals surface area contributed by atoms with Gasteiger partial charge in [-0.1, -0.05) is 48.0 Å². The van der Waals surface area contributed by atoms with E-state index in [4.69, 9.17) is 16.3 Å². The standard InChI is InChI=1S/C25H26ClNO2S/c1-18-7-8-22(26)23(13-18)29-16-21-15-24(30-17-21)25(28)27-11-9-20(10-12-27)14-19-5-3-2-4-6-19/h2-8,13,15,17,20H,9-12,14,16H2,1H3. The number of hydrogen-bond donors (Lipinski definition) is 0. The molecule has 3 nitrogen and oxygen atoms in total. The Morgan fingerprint density at radius 1 is 1.10 bits per heavy atom. The molecular weight excluding hydrogens is 414 g/mol. The molecule has 4 rings (SSSR count). The fourth-order valence-electron chi connectivity index (χ4n) is 3.89. The number of ether oxygens (including phenoxy) is 1. The Kier molecular flexibility index (Phi) is 6.76. The van der Waals surface area contributed by atoms with Gasteiger partial charge in [-0.05, 0) is 66.8 Å². The van der Waals surface area contributed by atoms with Crippen molar-refractivity contribution in [3.8, 4) is 5.75 Å². The van der Waals surface area contributed by atoms with E-state index in [1.807, 2.05) is 41.5 Å². The Balaban J connectivity index is 1.29. The van der Waals surface area contributed by atoms with Crippen molar-refractivity contribution in [1.29, 1.82) is 0 Å².